The Morgan fingerprint density at radius 2 is 1.71 bits per heavy atom. The normalized spacial score (nSPS) is 12.2. The Morgan fingerprint density at radius 3 is 2.49 bits per heavy atom. The highest BCUT2D eigenvalue weighted by molar-refractivity contribution is 6.10. The van der Waals surface area contributed by atoms with Crippen LogP contribution in [0.3, 0.4) is 0 Å². The van der Waals surface area contributed by atoms with E-state index in [1.165, 1.54) is 29.6 Å². The summed E-state index contributed by atoms with van der Waals surface area (Å²) in [5, 5.41) is 0.722. The first-order valence-electron chi connectivity index (χ1n) is 10.8. The number of nitrogens with zero attached hydrogens (tertiary/aromatic N) is 4. The number of nitrogens with one attached hydrogen (secondary N) is 1. The Bertz CT molecular complexity index is 1710. The van der Waals surface area contributed by atoms with Crippen molar-refractivity contribution in [2.75, 3.05) is 0 Å². The Hall–Kier alpha value is -4.73. The molecule has 10 heteroatoms. The molecule has 0 aliphatic rings. The van der Waals surface area contributed by atoms with Crippen LogP contribution < -0.4 is 11.2 Å². The van der Waals surface area contributed by atoms with Gasteiger partial charge in [0.2, 0.25) is 5.78 Å². The molecule has 0 spiro atoms. The number of aryl methyl sites for hydroxylation is 1. The molecule has 0 bridgehead atoms. The zero-order valence-electron chi connectivity index (χ0n) is 19.0. The molecule has 5 aromatic rings. The van der Waals surface area contributed by atoms with E-state index in [1.807, 2.05) is 24.3 Å². The number of Topliss-reactive ketones (excluding diaryl/α,β-unsaturated/α-hetero) is 1. The third-order valence-electron chi connectivity index (χ3n) is 5.96. The van der Waals surface area contributed by atoms with Crippen molar-refractivity contribution in [2.24, 2.45) is 14.1 Å². The lowest BCUT2D eigenvalue weighted by molar-refractivity contribution is -0.148. The number of H-pyrrole nitrogens is 1. The first-order chi connectivity index (χ1) is 16.9. The summed E-state index contributed by atoms with van der Waals surface area (Å²) >= 11 is 0. The van der Waals surface area contributed by atoms with Crippen LogP contribution in [0.5, 0.6) is 0 Å². The summed E-state index contributed by atoms with van der Waals surface area (Å²) < 4.78 is 9.18. The molecule has 3 aromatic heterocycles. The Labute approximate surface area is 198 Å². The second-order valence-corrected chi connectivity index (χ2v) is 8.14. The predicted molar refractivity (Wildman–Crippen MR) is 128 cm³/mol. The summed E-state index contributed by atoms with van der Waals surface area (Å²) in [6.45, 7) is -0.367. The van der Waals surface area contributed by atoms with E-state index in [0.29, 0.717) is 11.1 Å². The fraction of sp³-hybridized carbons (Fsp3) is 0.160. The van der Waals surface area contributed by atoms with Gasteiger partial charge in [-0.2, -0.15) is 0 Å². The van der Waals surface area contributed by atoms with Crippen molar-refractivity contribution in [1.29, 1.82) is 0 Å². The van der Waals surface area contributed by atoms with Gasteiger partial charge in [0.1, 0.15) is 6.54 Å². The van der Waals surface area contributed by atoms with Crippen molar-refractivity contribution in [2.45, 2.75) is 12.6 Å². The SMILES string of the molecule is Cn1c(=O)c2c(ncn2CC(=O)OC(C(=O)c2c[nH]c3ccccc23)c2ccccc2)n(C)c1=O. The summed E-state index contributed by atoms with van der Waals surface area (Å²) in [6.07, 6.45) is 1.71. The van der Waals surface area contributed by atoms with Gasteiger partial charge in [-0.25, -0.2) is 9.78 Å². The lowest BCUT2D eigenvalue weighted by Gasteiger charge is -2.17. The lowest BCUT2D eigenvalue weighted by Crippen LogP contribution is -2.37. The monoisotopic (exact) mass is 471 g/mol. The highest BCUT2D eigenvalue weighted by Crippen LogP contribution is 2.27. The van der Waals surface area contributed by atoms with E-state index in [9.17, 15) is 19.2 Å². The first kappa shape index (κ1) is 22.1. The van der Waals surface area contributed by atoms with E-state index < -0.39 is 23.3 Å². The van der Waals surface area contributed by atoms with Crippen molar-refractivity contribution in [3.8, 4) is 0 Å². The van der Waals surface area contributed by atoms with Crippen LogP contribution in [0.15, 0.2) is 76.7 Å². The molecule has 5 rings (SSSR count). The van der Waals surface area contributed by atoms with E-state index in [4.69, 9.17) is 4.74 Å². The molecule has 1 atom stereocenters. The van der Waals surface area contributed by atoms with Crippen LogP contribution in [-0.4, -0.2) is 35.4 Å². The standard InChI is InChI=1S/C25H21N5O5/c1-28-23-20(24(33)29(2)25(28)34)30(14-27-23)13-19(31)35-22(15-8-4-3-5-9-15)21(32)17-12-26-18-11-7-6-10-16(17)18/h3-12,14,22,26H,13H2,1-2H3. The number of hydrogen-bond acceptors (Lipinski definition) is 6. The summed E-state index contributed by atoms with van der Waals surface area (Å²) in [4.78, 5) is 58.6. The highest BCUT2D eigenvalue weighted by Gasteiger charge is 2.28. The third-order valence-corrected chi connectivity index (χ3v) is 5.96. The molecule has 2 aromatic carbocycles. The van der Waals surface area contributed by atoms with Gasteiger partial charge in [0, 0.05) is 42.3 Å². The molecule has 0 saturated carbocycles. The molecular formula is C25H21N5O5. The number of benzene rings is 2. The number of rotatable bonds is 6. The number of aromatic amines is 1. The zero-order valence-corrected chi connectivity index (χ0v) is 19.0. The molecule has 0 aliphatic heterocycles. The van der Waals surface area contributed by atoms with E-state index in [0.717, 1.165) is 15.5 Å². The van der Waals surface area contributed by atoms with Crippen LogP contribution in [0.1, 0.15) is 22.0 Å². The maximum absolute atomic E-state index is 13.5. The number of ether oxygens (including phenoxy) is 1. The van der Waals surface area contributed by atoms with E-state index in [1.54, 1.807) is 36.5 Å². The highest BCUT2D eigenvalue weighted by atomic mass is 16.5. The second kappa shape index (κ2) is 8.56. The van der Waals surface area contributed by atoms with Gasteiger partial charge in [0.05, 0.1) is 6.33 Å². The molecule has 176 valence electrons. The van der Waals surface area contributed by atoms with Crippen LogP contribution >= 0.6 is 0 Å². The minimum Gasteiger partial charge on any atom is -0.448 e. The van der Waals surface area contributed by atoms with Crippen LogP contribution in [-0.2, 0) is 30.2 Å². The molecule has 3 heterocycles. The molecule has 0 fully saturated rings. The Kier molecular flexibility index (Phi) is 5.40. The van der Waals surface area contributed by atoms with Gasteiger partial charge in [0.15, 0.2) is 17.3 Å². The van der Waals surface area contributed by atoms with Gasteiger partial charge in [-0.3, -0.25) is 23.5 Å². The van der Waals surface area contributed by atoms with Gasteiger partial charge >= 0.3 is 11.7 Å². The molecular weight excluding hydrogens is 450 g/mol. The molecule has 0 radical (unpaired) electrons. The number of hydrogen-bond donors (Lipinski definition) is 1. The number of carbonyl (C=O) groups is 2. The summed E-state index contributed by atoms with van der Waals surface area (Å²) in [6, 6.07) is 16.1. The first-order valence-corrected chi connectivity index (χ1v) is 10.8. The van der Waals surface area contributed by atoms with Gasteiger partial charge in [0.25, 0.3) is 5.56 Å². The van der Waals surface area contributed by atoms with E-state index in [-0.39, 0.29) is 23.5 Å². The molecule has 0 amide bonds. The van der Waals surface area contributed by atoms with Crippen molar-refractivity contribution in [1.82, 2.24) is 23.7 Å². The molecule has 0 saturated heterocycles. The predicted octanol–water partition coefficient (Wildman–Crippen LogP) is 2.08. The average Bonchev–Trinajstić information content (AvgIpc) is 3.49. The van der Waals surface area contributed by atoms with E-state index >= 15 is 0 Å². The molecule has 0 aliphatic carbocycles. The molecule has 1 unspecified atom stereocenters. The van der Waals surface area contributed by atoms with Crippen LogP contribution in [0.2, 0.25) is 0 Å². The third kappa shape index (κ3) is 3.74. The Morgan fingerprint density at radius 1 is 1.00 bits per heavy atom. The number of imidazole rings is 1. The number of esters is 1. The Balaban J connectivity index is 1.49. The molecule has 1 N–H and O–H groups in total. The number of fused-ring (bicyclic) bond motifs is 2. The maximum Gasteiger partial charge on any atom is 0.332 e. The van der Waals surface area contributed by atoms with Gasteiger partial charge in [-0.05, 0) is 6.07 Å². The van der Waals surface area contributed by atoms with Crippen LogP contribution in [0, 0.1) is 0 Å². The second-order valence-electron chi connectivity index (χ2n) is 8.14. The minimum atomic E-state index is -1.19. The molecule has 35 heavy (non-hydrogen) atoms. The summed E-state index contributed by atoms with van der Waals surface area (Å²) in [5.74, 6) is -1.11. The average molecular weight is 471 g/mol. The fourth-order valence-corrected chi connectivity index (χ4v) is 4.14. The summed E-state index contributed by atoms with van der Waals surface area (Å²) in [5.41, 5.74) is 0.849. The topological polar surface area (TPSA) is 121 Å². The van der Waals surface area contributed by atoms with Crippen LogP contribution in [0.25, 0.3) is 22.1 Å². The maximum atomic E-state index is 13.5. The van der Waals surface area contributed by atoms with Crippen LogP contribution in [0.4, 0.5) is 0 Å². The quantitative estimate of drug-likeness (QED) is 0.299. The van der Waals surface area contributed by atoms with E-state index in [2.05, 4.69) is 9.97 Å². The van der Waals surface area contributed by atoms with Crippen molar-refractivity contribution >= 4 is 33.8 Å². The summed E-state index contributed by atoms with van der Waals surface area (Å²) in [7, 11) is 2.84. The van der Waals surface area contributed by atoms with Crippen molar-refractivity contribution < 1.29 is 14.3 Å². The molecule has 10 nitrogen and oxygen atoms in total. The number of aromatic nitrogens is 5. The minimum absolute atomic E-state index is 0.0887. The van der Waals surface area contributed by atoms with Crippen molar-refractivity contribution in [3.63, 3.8) is 0 Å². The largest absolute Gasteiger partial charge is 0.448 e. The van der Waals surface area contributed by atoms with Gasteiger partial charge in [-0.1, -0.05) is 48.5 Å². The number of carbonyl (C=O) groups excluding carboxylic acids is 2. The lowest BCUT2D eigenvalue weighted by atomic mass is 9.99. The smallest absolute Gasteiger partial charge is 0.332 e. The number of ketones is 1. The van der Waals surface area contributed by atoms with Gasteiger partial charge in [-0.15, -0.1) is 0 Å². The van der Waals surface area contributed by atoms with Gasteiger partial charge < -0.3 is 14.3 Å². The fourth-order valence-electron chi connectivity index (χ4n) is 4.14. The zero-order chi connectivity index (χ0) is 24.7. The number of para-hydroxylation sites is 1. The van der Waals surface area contributed by atoms with Crippen molar-refractivity contribution in [3.05, 3.63) is 99.1 Å².